The third-order valence-corrected chi connectivity index (χ3v) is 5.70. The molecule has 1 amide bonds. The first-order valence-corrected chi connectivity index (χ1v) is 10.3. The molecule has 0 unspecified atom stereocenters. The lowest BCUT2D eigenvalue weighted by Crippen LogP contribution is -2.41. The van der Waals surface area contributed by atoms with Crippen LogP contribution in [0.25, 0.3) is 16.5 Å². The fourth-order valence-electron chi connectivity index (χ4n) is 3.98. The first-order valence-electron chi connectivity index (χ1n) is 10.3. The molecule has 2 aromatic heterocycles. The van der Waals surface area contributed by atoms with Gasteiger partial charge in [0, 0.05) is 43.0 Å². The summed E-state index contributed by atoms with van der Waals surface area (Å²) >= 11 is 0. The van der Waals surface area contributed by atoms with Crippen molar-refractivity contribution in [1.29, 1.82) is 0 Å². The molecule has 1 aliphatic heterocycles. The summed E-state index contributed by atoms with van der Waals surface area (Å²) in [6, 6.07) is 9.34. The Labute approximate surface area is 175 Å². The molecule has 3 heterocycles. The van der Waals surface area contributed by atoms with Gasteiger partial charge in [-0.3, -0.25) is 14.5 Å². The molecule has 0 radical (unpaired) electrons. The summed E-state index contributed by atoms with van der Waals surface area (Å²) in [5.74, 6) is -0.0638. The van der Waals surface area contributed by atoms with Crippen LogP contribution in [0.2, 0.25) is 0 Å². The van der Waals surface area contributed by atoms with Gasteiger partial charge in [0.1, 0.15) is 6.54 Å². The van der Waals surface area contributed by atoms with E-state index in [-0.39, 0.29) is 18.0 Å². The Balaban J connectivity index is 1.52. The minimum Gasteiger partial charge on any atom is -0.379 e. The second kappa shape index (κ2) is 8.81. The van der Waals surface area contributed by atoms with Crippen molar-refractivity contribution < 1.29 is 9.53 Å². The average Bonchev–Trinajstić information content (AvgIpc) is 3.00. The van der Waals surface area contributed by atoms with Gasteiger partial charge in [-0.25, -0.2) is 0 Å². The summed E-state index contributed by atoms with van der Waals surface area (Å²) in [6.07, 6.45) is 1.71. The highest BCUT2D eigenvalue weighted by Crippen LogP contribution is 2.22. The topological polar surface area (TPSA) is 81.4 Å². The molecule has 8 heteroatoms. The minimum absolute atomic E-state index is 0.0638. The van der Waals surface area contributed by atoms with Crippen LogP contribution in [0.5, 0.6) is 0 Å². The molecular formula is C22H27N5O3. The highest BCUT2D eigenvalue weighted by molar-refractivity contribution is 5.88. The number of nitrogens with zero attached hydrogens (tertiary/aromatic N) is 4. The van der Waals surface area contributed by atoms with E-state index in [2.05, 4.69) is 15.3 Å². The second-order valence-electron chi connectivity index (χ2n) is 7.55. The molecule has 0 bridgehead atoms. The quantitative estimate of drug-likeness (QED) is 0.663. The number of amides is 1. The molecule has 4 rings (SSSR count). The Morgan fingerprint density at radius 3 is 2.60 bits per heavy atom. The summed E-state index contributed by atoms with van der Waals surface area (Å²) in [5.41, 5.74) is 2.19. The first kappa shape index (κ1) is 20.3. The van der Waals surface area contributed by atoms with E-state index in [1.807, 2.05) is 48.7 Å². The third-order valence-electron chi connectivity index (χ3n) is 5.70. The maximum atomic E-state index is 13.1. The molecule has 0 atom stereocenters. The maximum Gasteiger partial charge on any atom is 0.281 e. The lowest BCUT2D eigenvalue weighted by atomic mass is 10.2. The number of benzene rings is 1. The van der Waals surface area contributed by atoms with Crippen molar-refractivity contribution in [1.82, 2.24) is 24.6 Å². The Morgan fingerprint density at radius 1 is 1.13 bits per heavy atom. The van der Waals surface area contributed by atoms with Gasteiger partial charge in [0.2, 0.25) is 5.91 Å². The molecule has 1 N–H and O–H groups in total. The number of carbonyl (C=O) groups excluding carboxylic acids is 1. The largest absolute Gasteiger partial charge is 0.379 e. The zero-order valence-electron chi connectivity index (χ0n) is 17.4. The van der Waals surface area contributed by atoms with Crippen molar-refractivity contribution in [3.05, 3.63) is 58.3 Å². The number of hydrogen-bond acceptors (Lipinski definition) is 5. The van der Waals surface area contributed by atoms with Crippen molar-refractivity contribution in [2.45, 2.75) is 20.4 Å². The number of aryl methyl sites for hydroxylation is 2. The molecule has 0 spiro atoms. The zero-order valence-corrected chi connectivity index (χ0v) is 17.4. The molecule has 0 aliphatic carbocycles. The van der Waals surface area contributed by atoms with E-state index < -0.39 is 0 Å². The summed E-state index contributed by atoms with van der Waals surface area (Å²) < 4.78 is 8.64. The van der Waals surface area contributed by atoms with Gasteiger partial charge in [-0.05, 0) is 26.0 Å². The van der Waals surface area contributed by atoms with Gasteiger partial charge in [-0.2, -0.15) is 9.78 Å². The number of ether oxygens (including phenoxy) is 1. The van der Waals surface area contributed by atoms with Crippen LogP contribution in [0.3, 0.4) is 0 Å². The van der Waals surface area contributed by atoms with Crippen LogP contribution in [-0.2, 0) is 16.1 Å². The number of fused-ring (bicyclic) bond motifs is 1. The first-order chi connectivity index (χ1) is 14.6. The van der Waals surface area contributed by atoms with Crippen molar-refractivity contribution in [2.75, 3.05) is 39.4 Å². The number of morpholine rings is 1. The Kier molecular flexibility index (Phi) is 5.96. The molecule has 158 valence electrons. The van der Waals surface area contributed by atoms with E-state index in [0.29, 0.717) is 11.9 Å². The maximum absolute atomic E-state index is 13.1. The lowest BCUT2D eigenvalue weighted by Gasteiger charge is -2.26. The van der Waals surface area contributed by atoms with E-state index >= 15 is 0 Å². The number of rotatable bonds is 6. The minimum atomic E-state index is -0.175. The van der Waals surface area contributed by atoms with Crippen LogP contribution < -0.4 is 10.9 Å². The highest BCUT2D eigenvalue weighted by atomic mass is 16.5. The molecule has 1 fully saturated rings. The smallest absolute Gasteiger partial charge is 0.281 e. The molecule has 1 saturated heterocycles. The van der Waals surface area contributed by atoms with E-state index in [4.69, 9.17) is 4.74 Å². The van der Waals surface area contributed by atoms with Crippen LogP contribution in [0.1, 0.15) is 11.4 Å². The van der Waals surface area contributed by atoms with Crippen LogP contribution in [0, 0.1) is 13.8 Å². The molecule has 1 aliphatic rings. The van der Waals surface area contributed by atoms with Crippen molar-refractivity contribution >= 4 is 16.7 Å². The van der Waals surface area contributed by atoms with Crippen molar-refractivity contribution in [3.63, 3.8) is 0 Å². The summed E-state index contributed by atoms with van der Waals surface area (Å²) in [5, 5.41) is 8.72. The van der Waals surface area contributed by atoms with Gasteiger partial charge in [-0.1, -0.05) is 18.2 Å². The Morgan fingerprint density at radius 2 is 1.87 bits per heavy atom. The molecule has 8 nitrogen and oxygen atoms in total. The van der Waals surface area contributed by atoms with E-state index in [1.165, 1.54) is 4.68 Å². The standard InChI is InChI=1S/C22H27N5O3/c1-16-19-14-24-27(18-6-4-3-5-7-18)22(29)21(19)17(2)26(16)15-20(28)23-8-9-25-10-12-30-13-11-25/h3-7,14H,8-13,15H2,1-2H3,(H,23,28). The lowest BCUT2D eigenvalue weighted by molar-refractivity contribution is -0.121. The molecular weight excluding hydrogens is 382 g/mol. The monoisotopic (exact) mass is 409 g/mol. The average molecular weight is 409 g/mol. The molecule has 1 aromatic carbocycles. The fourth-order valence-corrected chi connectivity index (χ4v) is 3.98. The van der Waals surface area contributed by atoms with Crippen molar-refractivity contribution in [2.24, 2.45) is 0 Å². The van der Waals surface area contributed by atoms with Crippen LogP contribution in [0.4, 0.5) is 0 Å². The molecule has 0 saturated carbocycles. The van der Waals surface area contributed by atoms with Gasteiger partial charge in [-0.15, -0.1) is 0 Å². The SMILES string of the molecule is Cc1c2cnn(-c3ccccc3)c(=O)c2c(C)n1CC(=O)NCCN1CCOCC1. The normalized spacial score (nSPS) is 14.9. The van der Waals surface area contributed by atoms with E-state index in [1.54, 1.807) is 6.20 Å². The number of para-hydroxylation sites is 1. The van der Waals surface area contributed by atoms with Gasteiger partial charge in [0.15, 0.2) is 0 Å². The fraction of sp³-hybridized carbons (Fsp3) is 0.409. The van der Waals surface area contributed by atoms with Crippen LogP contribution >= 0.6 is 0 Å². The summed E-state index contributed by atoms with van der Waals surface area (Å²) in [6.45, 7) is 8.69. The van der Waals surface area contributed by atoms with Gasteiger partial charge in [0.05, 0.1) is 30.5 Å². The predicted molar refractivity (Wildman–Crippen MR) is 115 cm³/mol. The highest BCUT2D eigenvalue weighted by Gasteiger charge is 2.18. The third kappa shape index (κ3) is 4.01. The van der Waals surface area contributed by atoms with E-state index in [9.17, 15) is 9.59 Å². The van der Waals surface area contributed by atoms with Gasteiger partial charge >= 0.3 is 0 Å². The van der Waals surface area contributed by atoms with Crippen LogP contribution in [-0.4, -0.2) is 64.5 Å². The van der Waals surface area contributed by atoms with Crippen molar-refractivity contribution in [3.8, 4) is 5.69 Å². The second-order valence-corrected chi connectivity index (χ2v) is 7.55. The number of hydrogen-bond donors (Lipinski definition) is 1. The Bertz CT molecular complexity index is 1100. The summed E-state index contributed by atoms with van der Waals surface area (Å²) in [4.78, 5) is 27.9. The predicted octanol–water partition coefficient (Wildman–Crippen LogP) is 1.25. The number of nitrogens with one attached hydrogen (secondary N) is 1. The van der Waals surface area contributed by atoms with Crippen LogP contribution in [0.15, 0.2) is 41.3 Å². The van der Waals surface area contributed by atoms with Gasteiger partial charge < -0.3 is 14.6 Å². The number of carbonyl (C=O) groups is 1. The zero-order chi connectivity index (χ0) is 21.1. The molecule has 30 heavy (non-hydrogen) atoms. The Hall–Kier alpha value is -2.97. The molecule has 3 aromatic rings. The number of aromatic nitrogens is 3. The van der Waals surface area contributed by atoms with E-state index in [0.717, 1.165) is 55.3 Å². The van der Waals surface area contributed by atoms with Gasteiger partial charge in [0.25, 0.3) is 5.56 Å². The summed E-state index contributed by atoms with van der Waals surface area (Å²) in [7, 11) is 0.